The zero-order chi connectivity index (χ0) is 34.0. The number of benzene rings is 6. The van der Waals surface area contributed by atoms with Gasteiger partial charge in [0, 0.05) is 17.2 Å². The molecule has 1 aliphatic rings. The smallest absolute Gasteiger partial charge is 0.330 e. The highest BCUT2D eigenvalue weighted by atomic mass is 16.5. The molecule has 0 atom stereocenters. The zero-order valence-corrected chi connectivity index (χ0v) is 27.3. The Kier molecular flexibility index (Phi) is 8.41. The molecule has 6 aromatic carbocycles. The fourth-order valence-electron chi connectivity index (χ4n) is 6.78. The highest BCUT2D eigenvalue weighted by Crippen LogP contribution is 2.56. The molecule has 0 fully saturated rings. The first kappa shape index (κ1) is 31.4. The van der Waals surface area contributed by atoms with Crippen molar-refractivity contribution in [2.24, 2.45) is 0 Å². The molecule has 240 valence electrons. The molecule has 0 aliphatic heterocycles. The second-order valence-electron chi connectivity index (χ2n) is 12.0. The zero-order valence-electron chi connectivity index (χ0n) is 27.3. The van der Waals surface area contributed by atoms with E-state index in [1.54, 1.807) is 43.5 Å². The van der Waals surface area contributed by atoms with Gasteiger partial charge in [0.15, 0.2) is 5.78 Å². The molecule has 0 N–H and O–H groups in total. The third-order valence-electron chi connectivity index (χ3n) is 9.26. The minimum atomic E-state index is -0.625. The van der Waals surface area contributed by atoms with E-state index in [-0.39, 0.29) is 12.4 Å². The largest absolute Gasteiger partial charge is 0.497 e. The molecule has 0 unspecified atom stereocenters. The van der Waals surface area contributed by atoms with Gasteiger partial charge in [0.2, 0.25) is 0 Å². The van der Waals surface area contributed by atoms with Crippen LogP contribution in [0.5, 0.6) is 17.2 Å². The number of hydrogen-bond acceptors (Lipinski definition) is 5. The van der Waals surface area contributed by atoms with Crippen LogP contribution in [0.2, 0.25) is 0 Å². The minimum absolute atomic E-state index is 0.0703. The van der Waals surface area contributed by atoms with E-state index in [2.05, 4.69) is 85.4 Å². The van der Waals surface area contributed by atoms with E-state index in [1.807, 2.05) is 31.2 Å². The van der Waals surface area contributed by atoms with Crippen molar-refractivity contribution in [3.63, 3.8) is 0 Å². The van der Waals surface area contributed by atoms with Crippen LogP contribution in [-0.2, 0) is 21.6 Å². The van der Waals surface area contributed by atoms with Crippen LogP contribution in [0.4, 0.5) is 0 Å². The van der Waals surface area contributed by atoms with Crippen molar-refractivity contribution in [1.82, 2.24) is 0 Å². The van der Waals surface area contributed by atoms with Gasteiger partial charge in [0.25, 0.3) is 0 Å². The lowest BCUT2D eigenvalue weighted by molar-refractivity contribution is -0.138. The van der Waals surface area contributed by atoms with Crippen molar-refractivity contribution in [3.8, 4) is 28.4 Å². The van der Waals surface area contributed by atoms with Crippen LogP contribution in [0.25, 0.3) is 11.1 Å². The summed E-state index contributed by atoms with van der Waals surface area (Å²) in [5, 5.41) is 0. The van der Waals surface area contributed by atoms with Crippen LogP contribution in [0, 0.1) is 6.92 Å². The number of carbonyl (C=O) groups is 2. The van der Waals surface area contributed by atoms with Crippen LogP contribution in [0.15, 0.2) is 152 Å². The maximum absolute atomic E-state index is 13.0. The molecule has 6 aromatic rings. The Balaban J connectivity index is 1.24. The fraction of sp³-hybridized carbons (Fsp3) is 0.0909. The fourth-order valence-corrected chi connectivity index (χ4v) is 6.78. The number of esters is 1. The molecule has 1 aliphatic carbocycles. The summed E-state index contributed by atoms with van der Waals surface area (Å²) in [5.41, 5.74) is 9.39. The van der Waals surface area contributed by atoms with E-state index >= 15 is 0 Å². The molecule has 0 spiro atoms. The van der Waals surface area contributed by atoms with Gasteiger partial charge in [-0.3, -0.25) is 4.79 Å². The minimum Gasteiger partial charge on any atom is -0.497 e. The SMILES string of the molecule is C=CC(=O)OCc1cc(C2(c3ccc(Oc4ccc(C(=O)c5ccc(OC)cc5)cc4)cc3)c3ccccc3-c3ccccc32)ccc1C. The third-order valence-corrected chi connectivity index (χ3v) is 9.26. The Morgan fingerprint density at radius 1 is 0.653 bits per heavy atom. The van der Waals surface area contributed by atoms with E-state index in [0.29, 0.717) is 28.4 Å². The highest BCUT2D eigenvalue weighted by Gasteiger charge is 2.46. The van der Waals surface area contributed by atoms with E-state index in [1.165, 1.54) is 28.3 Å². The molecule has 0 radical (unpaired) electrons. The van der Waals surface area contributed by atoms with Gasteiger partial charge < -0.3 is 14.2 Å². The molecular weight excluding hydrogens is 608 g/mol. The number of ketones is 1. The Morgan fingerprint density at radius 3 is 1.71 bits per heavy atom. The number of ether oxygens (including phenoxy) is 3. The average Bonchev–Trinajstić information content (AvgIpc) is 3.46. The van der Waals surface area contributed by atoms with Crippen LogP contribution in [-0.4, -0.2) is 18.9 Å². The number of methoxy groups -OCH3 is 1. The molecule has 0 saturated heterocycles. The molecule has 7 rings (SSSR count). The summed E-state index contributed by atoms with van der Waals surface area (Å²) < 4.78 is 16.9. The number of hydrogen-bond donors (Lipinski definition) is 0. The van der Waals surface area contributed by atoms with Crippen LogP contribution in [0.1, 0.15) is 49.3 Å². The summed E-state index contributed by atoms with van der Waals surface area (Å²) >= 11 is 0. The molecule has 49 heavy (non-hydrogen) atoms. The molecule has 0 aromatic heterocycles. The normalized spacial score (nSPS) is 12.4. The summed E-state index contributed by atoms with van der Waals surface area (Å²) in [7, 11) is 1.60. The number of carbonyl (C=O) groups excluding carboxylic acids is 2. The van der Waals surface area contributed by atoms with Crippen molar-refractivity contribution in [1.29, 1.82) is 0 Å². The lowest BCUT2D eigenvalue weighted by Gasteiger charge is -2.34. The predicted molar refractivity (Wildman–Crippen MR) is 191 cm³/mol. The maximum Gasteiger partial charge on any atom is 0.330 e. The van der Waals surface area contributed by atoms with Gasteiger partial charge in [0.05, 0.1) is 12.5 Å². The van der Waals surface area contributed by atoms with Crippen molar-refractivity contribution in [2.45, 2.75) is 18.9 Å². The Labute approximate surface area is 286 Å². The van der Waals surface area contributed by atoms with E-state index in [9.17, 15) is 9.59 Å². The molecular formula is C44H34O5. The number of aryl methyl sites for hydroxylation is 1. The first-order valence-electron chi connectivity index (χ1n) is 16.1. The third kappa shape index (κ3) is 5.70. The standard InChI is InChI=1S/C44H34O5/c1-4-42(45)48-28-32-27-34(18-13-29(32)2)44(40-11-7-5-9-38(40)39-10-6-8-12-41(39)44)33-19-25-37(26-20-33)49-36-23-16-31(17-24-36)43(46)30-14-21-35(47-3)22-15-30/h4-27H,1,28H2,2-3H3. The second-order valence-corrected chi connectivity index (χ2v) is 12.0. The van der Waals surface area contributed by atoms with Crippen LogP contribution >= 0.6 is 0 Å². The highest BCUT2D eigenvalue weighted by molar-refractivity contribution is 6.09. The van der Waals surface area contributed by atoms with E-state index < -0.39 is 11.4 Å². The van der Waals surface area contributed by atoms with Gasteiger partial charge in [-0.2, -0.15) is 0 Å². The van der Waals surface area contributed by atoms with Crippen molar-refractivity contribution >= 4 is 11.8 Å². The predicted octanol–water partition coefficient (Wildman–Crippen LogP) is 9.62. The monoisotopic (exact) mass is 642 g/mol. The van der Waals surface area contributed by atoms with Crippen molar-refractivity contribution in [3.05, 3.63) is 197 Å². The topological polar surface area (TPSA) is 61.8 Å². The lowest BCUT2D eigenvalue weighted by Crippen LogP contribution is -2.28. The second kappa shape index (κ2) is 13.1. The van der Waals surface area contributed by atoms with Gasteiger partial charge in [-0.15, -0.1) is 0 Å². The first-order valence-corrected chi connectivity index (χ1v) is 16.1. The van der Waals surface area contributed by atoms with Crippen molar-refractivity contribution in [2.75, 3.05) is 7.11 Å². The van der Waals surface area contributed by atoms with Gasteiger partial charge in [-0.05, 0) is 112 Å². The quantitative estimate of drug-likeness (QED) is 0.0845. The average molecular weight is 643 g/mol. The van der Waals surface area contributed by atoms with E-state index in [4.69, 9.17) is 14.2 Å². The first-order chi connectivity index (χ1) is 23.9. The molecule has 0 amide bonds. The molecule has 0 bridgehead atoms. The van der Waals surface area contributed by atoms with Crippen LogP contribution < -0.4 is 9.47 Å². The maximum atomic E-state index is 13.0. The van der Waals surface area contributed by atoms with Crippen molar-refractivity contribution < 1.29 is 23.8 Å². The Morgan fingerprint density at radius 2 is 1.16 bits per heavy atom. The molecule has 5 nitrogen and oxygen atoms in total. The van der Waals surface area contributed by atoms with Gasteiger partial charge >= 0.3 is 5.97 Å². The Bertz CT molecular complexity index is 2130. The Hall–Kier alpha value is -6.20. The van der Waals surface area contributed by atoms with Gasteiger partial charge in [-0.1, -0.05) is 85.4 Å². The lowest BCUT2D eigenvalue weighted by atomic mass is 9.67. The van der Waals surface area contributed by atoms with Crippen LogP contribution in [0.3, 0.4) is 0 Å². The summed E-state index contributed by atoms with van der Waals surface area (Å²) in [5.74, 6) is 1.48. The summed E-state index contributed by atoms with van der Waals surface area (Å²) in [4.78, 5) is 25.0. The summed E-state index contributed by atoms with van der Waals surface area (Å²) in [6.45, 7) is 5.71. The van der Waals surface area contributed by atoms with Gasteiger partial charge in [0.1, 0.15) is 23.9 Å². The summed E-state index contributed by atoms with van der Waals surface area (Å²) in [6.07, 6.45) is 1.18. The van der Waals surface area contributed by atoms with E-state index in [0.717, 1.165) is 22.3 Å². The summed E-state index contributed by atoms with van der Waals surface area (Å²) in [6, 6.07) is 46.0. The molecule has 0 saturated carbocycles. The number of rotatable bonds is 10. The van der Waals surface area contributed by atoms with Gasteiger partial charge in [-0.25, -0.2) is 4.79 Å². The molecule has 0 heterocycles. The number of fused-ring (bicyclic) bond motifs is 3. The molecule has 5 heteroatoms.